The second-order valence-corrected chi connectivity index (χ2v) is 4.93. The van der Waals surface area contributed by atoms with Gasteiger partial charge in [-0.05, 0) is 43.5 Å². The van der Waals surface area contributed by atoms with E-state index in [1.807, 2.05) is 37.5 Å². The second-order valence-electron chi connectivity index (χ2n) is 4.58. The van der Waals surface area contributed by atoms with E-state index in [1.54, 1.807) is 0 Å². The first-order valence-electron chi connectivity index (χ1n) is 5.99. The molecular formula is C14H16ClNO2. The molecule has 0 fully saturated rings. The highest BCUT2D eigenvalue weighted by molar-refractivity contribution is 6.35. The first kappa shape index (κ1) is 13.0. The van der Waals surface area contributed by atoms with Gasteiger partial charge in [-0.25, -0.2) is 4.79 Å². The number of carboxylic acid groups (broad SMARTS) is 1. The van der Waals surface area contributed by atoms with Gasteiger partial charge in [-0.1, -0.05) is 18.5 Å². The van der Waals surface area contributed by atoms with Gasteiger partial charge in [-0.15, -0.1) is 0 Å². The van der Waals surface area contributed by atoms with Gasteiger partial charge in [0.25, 0.3) is 0 Å². The highest BCUT2D eigenvalue weighted by atomic mass is 35.5. The summed E-state index contributed by atoms with van der Waals surface area (Å²) in [6.45, 7) is 6.77. The third kappa shape index (κ3) is 1.89. The fourth-order valence-electron chi connectivity index (χ4n) is 2.22. The molecule has 4 heteroatoms. The van der Waals surface area contributed by atoms with E-state index in [2.05, 4.69) is 0 Å². The number of halogens is 1. The van der Waals surface area contributed by atoms with Gasteiger partial charge in [0.1, 0.15) is 10.7 Å². The van der Waals surface area contributed by atoms with Crippen LogP contribution in [0.25, 0.3) is 10.9 Å². The SMILES string of the molecule is CCCn1c(Cl)c(C(=O)O)c2cc(C)c(C)cc21. The Kier molecular flexibility index (Phi) is 3.35. The third-order valence-corrected chi connectivity index (χ3v) is 3.67. The van der Waals surface area contributed by atoms with E-state index in [9.17, 15) is 9.90 Å². The number of carboxylic acids is 1. The number of aryl methyl sites for hydroxylation is 3. The van der Waals surface area contributed by atoms with Crippen LogP contribution in [0, 0.1) is 13.8 Å². The summed E-state index contributed by atoms with van der Waals surface area (Å²) < 4.78 is 1.88. The van der Waals surface area contributed by atoms with Crippen LogP contribution in [0.5, 0.6) is 0 Å². The number of rotatable bonds is 3. The normalized spacial score (nSPS) is 11.1. The summed E-state index contributed by atoms with van der Waals surface area (Å²) in [4.78, 5) is 11.4. The first-order valence-corrected chi connectivity index (χ1v) is 6.37. The third-order valence-electron chi connectivity index (χ3n) is 3.28. The predicted molar refractivity (Wildman–Crippen MR) is 73.7 cm³/mol. The number of aromatic nitrogens is 1. The molecular weight excluding hydrogens is 250 g/mol. The first-order chi connectivity index (χ1) is 8.47. The van der Waals surface area contributed by atoms with Crippen molar-refractivity contribution >= 4 is 28.5 Å². The second kappa shape index (κ2) is 4.65. The summed E-state index contributed by atoms with van der Waals surface area (Å²) >= 11 is 6.21. The largest absolute Gasteiger partial charge is 0.478 e. The Balaban J connectivity index is 2.88. The fraction of sp³-hybridized carbons (Fsp3) is 0.357. The maximum atomic E-state index is 11.4. The number of hydrogen-bond donors (Lipinski definition) is 1. The number of aromatic carboxylic acids is 1. The molecule has 0 unspecified atom stereocenters. The van der Waals surface area contributed by atoms with Crippen LogP contribution in [0.1, 0.15) is 34.8 Å². The molecule has 0 radical (unpaired) electrons. The number of hydrogen-bond acceptors (Lipinski definition) is 1. The lowest BCUT2D eigenvalue weighted by Crippen LogP contribution is -1.99. The summed E-state index contributed by atoms with van der Waals surface area (Å²) in [7, 11) is 0. The van der Waals surface area contributed by atoms with Gasteiger partial charge in [0.15, 0.2) is 0 Å². The van der Waals surface area contributed by atoms with Gasteiger partial charge >= 0.3 is 5.97 Å². The van der Waals surface area contributed by atoms with Gasteiger partial charge in [-0.3, -0.25) is 0 Å². The van der Waals surface area contributed by atoms with Gasteiger partial charge < -0.3 is 9.67 Å². The summed E-state index contributed by atoms with van der Waals surface area (Å²) in [6, 6.07) is 3.92. The van der Waals surface area contributed by atoms with E-state index in [0.29, 0.717) is 5.15 Å². The molecule has 1 N–H and O–H groups in total. The molecule has 2 rings (SSSR count). The summed E-state index contributed by atoms with van der Waals surface area (Å²) in [5.41, 5.74) is 3.34. The monoisotopic (exact) mass is 265 g/mol. The molecule has 0 bridgehead atoms. The van der Waals surface area contributed by atoms with Crippen molar-refractivity contribution in [3.63, 3.8) is 0 Å². The lowest BCUT2D eigenvalue weighted by atomic mass is 10.1. The van der Waals surface area contributed by atoms with Crippen LogP contribution >= 0.6 is 11.6 Å². The van der Waals surface area contributed by atoms with Gasteiger partial charge in [-0.2, -0.15) is 0 Å². The van der Waals surface area contributed by atoms with Crippen molar-refractivity contribution < 1.29 is 9.90 Å². The molecule has 1 aromatic heterocycles. The van der Waals surface area contributed by atoms with E-state index in [-0.39, 0.29) is 5.56 Å². The standard InChI is InChI=1S/C14H16ClNO2/c1-4-5-16-11-7-9(3)8(2)6-10(11)12(13(16)15)14(17)18/h6-7H,4-5H2,1-3H3,(H,17,18). The predicted octanol–water partition coefficient (Wildman–Crippen LogP) is 4.02. The summed E-state index contributed by atoms with van der Waals surface area (Å²) in [5, 5.41) is 10.4. The van der Waals surface area contributed by atoms with E-state index < -0.39 is 5.97 Å². The molecule has 0 aliphatic heterocycles. The van der Waals surface area contributed by atoms with Gasteiger partial charge in [0.05, 0.1) is 5.52 Å². The highest BCUT2D eigenvalue weighted by Gasteiger charge is 2.21. The van der Waals surface area contributed by atoms with E-state index in [4.69, 9.17) is 11.6 Å². The fourth-order valence-corrected chi connectivity index (χ4v) is 2.58. The van der Waals surface area contributed by atoms with Crippen LogP contribution in [0.15, 0.2) is 12.1 Å². The molecule has 3 nitrogen and oxygen atoms in total. The van der Waals surface area contributed by atoms with Crippen LogP contribution in [-0.4, -0.2) is 15.6 Å². The number of nitrogens with zero attached hydrogens (tertiary/aromatic N) is 1. The maximum Gasteiger partial charge on any atom is 0.339 e. The summed E-state index contributed by atoms with van der Waals surface area (Å²) in [6.07, 6.45) is 0.912. The molecule has 2 aromatic rings. The minimum atomic E-state index is -0.969. The van der Waals surface area contributed by atoms with Crippen LogP contribution in [0.4, 0.5) is 0 Å². The molecule has 96 valence electrons. The smallest absolute Gasteiger partial charge is 0.339 e. The van der Waals surface area contributed by atoms with E-state index in [1.165, 1.54) is 0 Å². The summed E-state index contributed by atoms with van der Waals surface area (Å²) in [5.74, 6) is -0.969. The molecule has 0 aliphatic carbocycles. The zero-order valence-electron chi connectivity index (χ0n) is 10.7. The van der Waals surface area contributed by atoms with Crippen molar-refractivity contribution in [2.75, 3.05) is 0 Å². The lowest BCUT2D eigenvalue weighted by molar-refractivity contribution is 0.0699. The molecule has 0 saturated carbocycles. The molecule has 1 aromatic carbocycles. The lowest BCUT2D eigenvalue weighted by Gasteiger charge is -2.06. The van der Waals surface area contributed by atoms with Crippen molar-refractivity contribution in [1.29, 1.82) is 0 Å². The quantitative estimate of drug-likeness (QED) is 0.911. The Bertz CT molecular complexity index is 628. The van der Waals surface area contributed by atoms with Gasteiger partial charge in [0, 0.05) is 11.9 Å². The Morgan fingerprint density at radius 3 is 2.50 bits per heavy atom. The van der Waals surface area contributed by atoms with Crippen LogP contribution < -0.4 is 0 Å². The number of fused-ring (bicyclic) bond motifs is 1. The highest BCUT2D eigenvalue weighted by Crippen LogP contribution is 2.32. The van der Waals surface area contributed by atoms with E-state index >= 15 is 0 Å². The molecule has 0 spiro atoms. The molecule has 0 amide bonds. The topological polar surface area (TPSA) is 42.2 Å². The van der Waals surface area contributed by atoms with Crippen molar-refractivity contribution in [1.82, 2.24) is 4.57 Å². The Morgan fingerprint density at radius 2 is 1.94 bits per heavy atom. The van der Waals surface area contributed by atoms with Crippen molar-refractivity contribution in [2.24, 2.45) is 0 Å². The molecule has 0 atom stereocenters. The Labute approximate surface area is 111 Å². The Morgan fingerprint density at radius 1 is 1.33 bits per heavy atom. The molecule has 1 heterocycles. The molecule has 0 aliphatic rings. The zero-order valence-corrected chi connectivity index (χ0v) is 11.5. The maximum absolute atomic E-state index is 11.4. The van der Waals surface area contributed by atoms with Crippen LogP contribution in [0.3, 0.4) is 0 Å². The number of carbonyl (C=O) groups is 1. The van der Waals surface area contributed by atoms with Crippen LogP contribution in [0.2, 0.25) is 5.15 Å². The van der Waals surface area contributed by atoms with Crippen molar-refractivity contribution in [3.8, 4) is 0 Å². The minimum Gasteiger partial charge on any atom is -0.478 e. The van der Waals surface area contributed by atoms with Crippen molar-refractivity contribution in [3.05, 3.63) is 34.0 Å². The molecule has 18 heavy (non-hydrogen) atoms. The Hall–Kier alpha value is -1.48. The van der Waals surface area contributed by atoms with Crippen LogP contribution in [-0.2, 0) is 6.54 Å². The minimum absolute atomic E-state index is 0.211. The van der Waals surface area contributed by atoms with Gasteiger partial charge in [0.2, 0.25) is 0 Å². The average molecular weight is 266 g/mol. The van der Waals surface area contributed by atoms with Crippen molar-refractivity contribution in [2.45, 2.75) is 33.7 Å². The average Bonchev–Trinajstić information content (AvgIpc) is 2.54. The van der Waals surface area contributed by atoms with E-state index in [0.717, 1.165) is 35.0 Å². The number of benzene rings is 1. The zero-order chi connectivity index (χ0) is 13.4. The molecule has 0 saturated heterocycles.